The van der Waals surface area contributed by atoms with E-state index in [9.17, 15) is 5.11 Å². The highest BCUT2D eigenvalue weighted by Gasteiger charge is 2.16. The zero-order valence-electron chi connectivity index (χ0n) is 10.5. The molecule has 0 aliphatic heterocycles. The van der Waals surface area contributed by atoms with E-state index in [1.54, 1.807) is 13.8 Å². The van der Waals surface area contributed by atoms with Gasteiger partial charge in [0.15, 0.2) is 0 Å². The summed E-state index contributed by atoms with van der Waals surface area (Å²) in [5.74, 6) is 0. The number of likely N-dealkylation sites (N-methyl/N-ethyl adjacent to an activating group) is 1. The van der Waals surface area contributed by atoms with Crippen molar-refractivity contribution >= 4 is 5.69 Å². The second-order valence-corrected chi connectivity index (χ2v) is 4.95. The Hall–Kier alpha value is -1.06. The van der Waals surface area contributed by atoms with Crippen LogP contribution in [0, 0.1) is 6.92 Å². The minimum absolute atomic E-state index is 0.0658. The van der Waals surface area contributed by atoms with Crippen molar-refractivity contribution in [1.29, 1.82) is 0 Å². The van der Waals surface area contributed by atoms with E-state index in [1.807, 2.05) is 37.1 Å². The summed E-state index contributed by atoms with van der Waals surface area (Å²) in [4.78, 5) is 2.02. The largest absolute Gasteiger partial charge is 0.392 e. The van der Waals surface area contributed by atoms with Crippen LogP contribution in [0.15, 0.2) is 18.2 Å². The first kappa shape index (κ1) is 13.0. The number of nitrogens with zero attached hydrogens (tertiary/aromatic N) is 1. The Bertz CT molecular complexity index is 355. The third-order valence-corrected chi connectivity index (χ3v) is 2.48. The first-order chi connectivity index (χ1) is 7.33. The van der Waals surface area contributed by atoms with E-state index in [0.717, 1.165) is 16.8 Å². The van der Waals surface area contributed by atoms with Gasteiger partial charge < -0.3 is 15.1 Å². The van der Waals surface area contributed by atoms with E-state index in [0.29, 0.717) is 6.54 Å². The lowest BCUT2D eigenvalue weighted by Gasteiger charge is -2.28. The summed E-state index contributed by atoms with van der Waals surface area (Å²) in [7, 11) is 1.96. The van der Waals surface area contributed by atoms with Gasteiger partial charge in [-0.3, -0.25) is 0 Å². The molecule has 0 aliphatic rings. The van der Waals surface area contributed by atoms with Crippen LogP contribution in [0.5, 0.6) is 0 Å². The summed E-state index contributed by atoms with van der Waals surface area (Å²) in [6.45, 7) is 6.24. The highest BCUT2D eigenvalue weighted by molar-refractivity contribution is 5.54. The van der Waals surface area contributed by atoms with Gasteiger partial charge in [0, 0.05) is 19.3 Å². The Morgan fingerprint density at radius 1 is 1.31 bits per heavy atom. The third kappa shape index (κ3) is 3.51. The van der Waals surface area contributed by atoms with Crippen LogP contribution >= 0.6 is 0 Å². The molecule has 0 radical (unpaired) electrons. The van der Waals surface area contributed by atoms with Gasteiger partial charge >= 0.3 is 0 Å². The number of rotatable bonds is 4. The molecule has 0 amide bonds. The molecule has 1 aromatic rings. The van der Waals surface area contributed by atoms with E-state index in [1.165, 1.54) is 0 Å². The Labute approximate surface area is 97.3 Å². The topological polar surface area (TPSA) is 43.7 Å². The lowest BCUT2D eigenvalue weighted by Crippen LogP contribution is -2.36. The molecular weight excluding hydrogens is 202 g/mol. The lowest BCUT2D eigenvalue weighted by molar-refractivity contribution is 0.0886. The second-order valence-electron chi connectivity index (χ2n) is 4.95. The zero-order valence-corrected chi connectivity index (χ0v) is 10.5. The van der Waals surface area contributed by atoms with Crippen molar-refractivity contribution in [3.05, 3.63) is 29.3 Å². The fraction of sp³-hybridized carbons (Fsp3) is 0.538. The first-order valence-electron chi connectivity index (χ1n) is 5.47. The molecule has 3 heteroatoms. The van der Waals surface area contributed by atoms with E-state index in [4.69, 9.17) is 5.11 Å². The van der Waals surface area contributed by atoms with Crippen molar-refractivity contribution in [2.75, 3.05) is 18.5 Å². The highest BCUT2D eigenvalue weighted by Crippen LogP contribution is 2.21. The van der Waals surface area contributed by atoms with E-state index in [-0.39, 0.29) is 6.61 Å². The Morgan fingerprint density at radius 3 is 2.38 bits per heavy atom. The quantitative estimate of drug-likeness (QED) is 0.816. The van der Waals surface area contributed by atoms with Gasteiger partial charge in [0.2, 0.25) is 0 Å². The van der Waals surface area contributed by atoms with Gasteiger partial charge in [-0.2, -0.15) is 0 Å². The van der Waals surface area contributed by atoms with Crippen LogP contribution in [0.2, 0.25) is 0 Å². The van der Waals surface area contributed by atoms with Gasteiger partial charge in [-0.15, -0.1) is 0 Å². The molecule has 0 aliphatic carbocycles. The second kappa shape index (κ2) is 4.85. The van der Waals surface area contributed by atoms with Crippen LogP contribution in [0.4, 0.5) is 5.69 Å². The minimum atomic E-state index is -0.711. The average molecular weight is 223 g/mol. The Morgan fingerprint density at radius 2 is 1.94 bits per heavy atom. The maximum absolute atomic E-state index is 9.76. The molecule has 1 aromatic carbocycles. The molecule has 16 heavy (non-hydrogen) atoms. The third-order valence-electron chi connectivity index (χ3n) is 2.48. The van der Waals surface area contributed by atoms with Crippen molar-refractivity contribution in [2.24, 2.45) is 0 Å². The fourth-order valence-electron chi connectivity index (χ4n) is 1.91. The molecule has 2 N–H and O–H groups in total. The molecule has 0 spiro atoms. The summed E-state index contributed by atoms with van der Waals surface area (Å²) in [6.07, 6.45) is 0. The van der Waals surface area contributed by atoms with E-state index < -0.39 is 5.60 Å². The van der Waals surface area contributed by atoms with Crippen molar-refractivity contribution in [1.82, 2.24) is 0 Å². The van der Waals surface area contributed by atoms with Crippen LogP contribution in [0.1, 0.15) is 25.0 Å². The van der Waals surface area contributed by atoms with Gasteiger partial charge in [-0.25, -0.2) is 0 Å². The number of aryl methyl sites for hydroxylation is 1. The summed E-state index contributed by atoms with van der Waals surface area (Å²) in [5.41, 5.74) is 2.40. The molecule has 0 aromatic heterocycles. The molecule has 1 rings (SSSR count). The standard InChI is InChI=1S/C13H21NO2/c1-10-7-11(8-15)5-6-12(10)14(4)9-13(2,3)16/h5-7,15-16H,8-9H2,1-4H3. The molecule has 0 fully saturated rings. The van der Waals surface area contributed by atoms with Gasteiger partial charge in [0.1, 0.15) is 0 Å². The zero-order chi connectivity index (χ0) is 12.3. The number of hydrogen-bond acceptors (Lipinski definition) is 3. The molecule has 3 nitrogen and oxygen atoms in total. The smallest absolute Gasteiger partial charge is 0.0765 e. The van der Waals surface area contributed by atoms with Gasteiger partial charge in [-0.05, 0) is 38.0 Å². The Kier molecular flexibility index (Phi) is 3.94. The predicted molar refractivity (Wildman–Crippen MR) is 66.7 cm³/mol. The molecular formula is C13H21NO2. The van der Waals surface area contributed by atoms with Crippen LogP contribution in [-0.4, -0.2) is 29.4 Å². The summed E-state index contributed by atoms with van der Waals surface area (Å²) in [6, 6.07) is 5.85. The highest BCUT2D eigenvalue weighted by atomic mass is 16.3. The molecule has 0 saturated carbocycles. The van der Waals surface area contributed by atoms with E-state index >= 15 is 0 Å². The molecule has 0 saturated heterocycles. The van der Waals surface area contributed by atoms with Gasteiger partial charge in [-0.1, -0.05) is 12.1 Å². The SMILES string of the molecule is Cc1cc(CO)ccc1N(C)CC(C)(C)O. The Balaban J connectivity index is 2.88. The van der Waals surface area contributed by atoms with Crippen LogP contribution in [0.3, 0.4) is 0 Å². The summed E-state index contributed by atoms with van der Waals surface area (Å²) >= 11 is 0. The number of aliphatic hydroxyl groups is 2. The molecule has 0 atom stereocenters. The molecule has 0 unspecified atom stereocenters. The molecule has 0 heterocycles. The van der Waals surface area contributed by atoms with Gasteiger partial charge in [0.25, 0.3) is 0 Å². The fourth-order valence-corrected chi connectivity index (χ4v) is 1.91. The maximum atomic E-state index is 9.76. The summed E-state index contributed by atoms with van der Waals surface area (Å²) in [5, 5.41) is 18.8. The molecule has 0 bridgehead atoms. The van der Waals surface area contributed by atoms with Crippen LogP contribution in [0.25, 0.3) is 0 Å². The van der Waals surface area contributed by atoms with Crippen LogP contribution < -0.4 is 4.90 Å². The van der Waals surface area contributed by atoms with Crippen molar-refractivity contribution < 1.29 is 10.2 Å². The number of anilines is 1. The average Bonchev–Trinajstić information content (AvgIpc) is 2.14. The van der Waals surface area contributed by atoms with Gasteiger partial charge in [0.05, 0.1) is 12.2 Å². The lowest BCUT2D eigenvalue weighted by atomic mass is 10.1. The minimum Gasteiger partial charge on any atom is -0.392 e. The normalized spacial score (nSPS) is 11.6. The van der Waals surface area contributed by atoms with Crippen LogP contribution in [-0.2, 0) is 6.61 Å². The number of benzene rings is 1. The number of hydrogen-bond donors (Lipinski definition) is 2. The summed E-state index contributed by atoms with van der Waals surface area (Å²) < 4.78 is 0. The molecule has 90 valence electrons. The van der Waals surface area contributed by atoms with Crippen molar-refractivity contribution in [2.45, 2.75) is 33.0 Å². The van der Waals surface area contributed by atoms with Crippen molar-refractivity contribution in [3.63, 3.8) is 0 Å². The first-order valence-corrected chi connectivity index (χ1v) is 5.47. The van der Waals surface area contributed by atoms with Crippen molar-refractivity contribution in [3.8, 4) is 0 Å². The van der Waals surface area contributed by atoms with E-state index in [2.05, 4.69) is 0 Å². The number of aliphatic hydroxyl groups excluding tert-OH is 1. The monoisotopic (exact) mass is 223 g/mol. The predicted octanol–water partition coefficient (Wildman–Crippen LogP) is 1.69. The maximum Gasteiger partial charge on any atom is 0.0765 e.